The SMILES string of the molecule is CCCCCCN1[C@H](C)[C@@H]1C(C)C. The molecule has 0 aromatic rings. The van der Waals surface area contributed by atoms with Crippen molar-refractivity contribution in [1.82, 2.24) is 4.90 Å². The van der Waals surface area contributed by atoms with E-state index < -0.39 is 0 Å². The Morgan fingerprint density at radius 3 is 2.31 bits per heavy atom. The number of hydrogen-bond acceptors (Lipinski definition) is 1. The van der Waals surface area contributed by atoms with Gasteiger partial charge in [0.15, 0.2) is 0 Å². The lowest BCUT2D eigenvalue weighted by Crippen LogP contribution is -2.08. The van der Waals surface area contributed by atoms with E-state index in [4.69, 9.17) is 0 Å². The standard InChI is InChI=1S/C12H25N/c1-5-6-7-8-9-13-11(4)12(13)10(2)3/h10-12H,5-9H2,1-4H3/t11-,12+,13?/m1/s1. The van der Waals surface area contributed by atoms with Crippen LogP contribution in [0, 0.1) is 5.92 Å². The van der Waals surface area contributed by atoms with Gasteiger partial charge in [0.2, 0.25) is 0 Å². The van der Waals surface area contributed by atoms with Gasteiger partial charge in [0.1, 0.15) is 0 Å². The largest absolute Gasteiger partial charge is 0.294 e. The van der Waals surface area contributed by atoms with Gasteiger partial charge in [-0.05, 0) is 25.8 Å². The summed E-state index contributed by atoms with van der Waals surface area (Å²) in [6.45, 7) is 10.7. The molecule has 0 N–H and O–H groups in total. The van der Waals surface area contributed by atoms with Crippen LogP contribution in [0.15, 0.2) is 0 Å². The van der Waals surface area contributed by atoms with Crippen molar-refractivity contribution in [2.24, 2.45) is 5.92 Å². The Morgan fingerprint density at radius 2 is 1.85 bits per heavy atom. The molecule has 0 bridgehead atoms. The minimum Gasteiger partial charge on any atom is -0.294 e. The molecule has 1 nitrogen and oxygen atoms in total. The molecule has 1 rings (SSSR count). The van der Waals surface area contributed by atoms with Gasteiger partial charge in [-0.3, -0.25) is 4.90 Å². The molecule has 0 spiro atoms. The maximum Gasteiger partial charge on any atom is 0.0275 e. The third-order valence-electron chi connectivity index (χ3n) is 3.26. The third kappa shape index (κ3) is 2.98. The van der Waals surface area contributed by atoms with Crippen LogP contribution in [0.5, 0.6) is 0 Å². The van der Waals surface area contributed by atoms with Crippen LogP contribution >= 0.6 is 0 Å². The molecule has 1 aliphatic rings. The summed E-state index contributed by atoms with van der Waals surface area (Å²) in [6, 6.07) is 1.75. The fraction of sp³-hybridized carbons (Fsp3) is 1.00. The zero-order valence-corrected chi connectivity index (χ0v) is 9.71. The fourth-order valence-electron chi connectivity index (χ4n) is 2.45. The van der Waals surface area contributed by atoms with Gasteiger partial charge < -0.3 is 0 Å². The molecule has 0 saturated carbocycles. The zero-order valence-electron chi connectivity index (χ0n) is 9.71. The molecule has 0 aromatic carbocycles. The predicted molar refractivity (Wildman–Crippen MR) is 58.9 cm³/mol. The molecule has 0 aliphatic carbocycles. The van der Waals surface area contributed by atoms with Gasteiger partial charge in [0.25, 0.3) is 0 Å². The predicted octanol–water partition coefficient (Wildman–Crippen LogP) is 3.30. The van der Waals surface area contributed by atoms with Gasteiger partial charge >= 0.3 is 0 Å². The van der Waals surface area contributed by atoms with Crippen LogP contribution in [-0.2, 0) is 0 Å². The molecule has 1 heteroatoms. The average Bonchev–Trinajstić information content (AvgIpc) is 2.71. The number of nitrogens with zero attached hydrogens (tertiary/aromatic N) is 1. The first kappa shape index (κ1) is 11.0. The number of hydrogen-bond donors (Lipinski definition) is 0. The molecule has 1 fully saturated rings. The zero-order chi connectivity index (χ0) is 9.84. The quantitative estimate of drug-likeness (QED) is 0.451. The van der Waals surface area contributed by atoms with Crippen molar-refractivity contribution >= 4 is 0 Å². The van der Waals surface area contributed by atoms with Gasteiger partial charge in [-0.1, -0.05) is 40.0 Å². The van der Waals surface area contributed by atoms with Crippen LogP contribution in [0.2, 0.25) is 0 Å². The Bertz CT molecular complexity index is 142. The second-order valence-corrected chi connectivity index (χ2v) is 4.77. The van der Waals surface area contributed by atoms with Gasteiger partial charge in [-0.2, -0.15) is 0 Å². The fourth-order valence-corrected chi connectivity index (χ4v) is 2.45. The second kappa shape index (κ2) is 4.99. The Balaban J connectivity index is 2.04. The van der Waals surface area contributed by atoms with E-state index in [-0.39, 0.29) is 0 Å². The topological polar surface area (TPSA) is 3.01 Å². The van der Waals surface area contributed by atoms with Crippen LogP contribution in [0.3, 0.4) is 0 Å². The third-order valence-corrected chi connectivity index (χ3v) is 3.26. The van der Waals surface area contributed by atoms with E-state index in [2.05, 4.69) is 32.6 Å². The van der Waals surface area contributed by atoms with Gasteiger partial charge in [-0.25, -0.2) is 0 Å². The number of rotatable bonds is 6. The lowest BCUT2D eigenvalue weighted by atomic mass is 10.1. The lowest BCUT2D eigenvalue weighted by molar-refractivity contribution is 0.419. The number of unbranched alkanes of at least 4 members (excludes halogenated alkanes) is 3. The van der Waals surface area contributed by atoms with E-state index in [1.807, 2.05) is 0 Å². The molecule has 3 atom stereocenters. The first-order chi connectivity index (χ1) is 6.18. The van der Waals surface area contributed by atoms with Crippen LogP contribution in [-0.4, -0.2) is 23.5 Å². The van der Waals surface area contributed by atoms with E-state index in [0.29, 0.717) is 0 Å². The molecule has 1 saturated heterocycles. The van der Waals surface area contributed by atoms with E-state index in [9.17, 15) is 0 Å². The summed E-state index contributed by atoms with van der Waals surface area (Å²) in [4.78, 5) is 2.65. The first-order valence-electron chi connectivity index (χ1n) is 5.94. The van der Waals surface area contributed by atoms with E-state index in [1.165, 1.54) is 32.2 Å². The van der Waals surface area contributed by atoms with Gasteiger partial charge in [0, 0.05) is 12.1 Å². The minimum atomic E-state index is 0.848. The van der Waals surface area contributed by atoms with Crippen molar-refractivity contribution in [3.05, 3.63) is 0 Å². The van der Waals surface area contributed by atoms with E-state index >= 15 is 0 Å². The minimum absolute atomic E-state index is 0.848. The summed E-state index contributed by atoms with van der Waals surface area (Å²) in [5, 5.41) is 0. The smallest absolute Gasteiger partial charge is 0.0275 e. The van der Waals surface area contributed by atoms with Crippen LogP contribution in [0.4, 0.5) is 0 Å². The molecule has 13 heavy (non-hydrogen) atoms. The summed E-state index contributed by atoms with van der Waals surface area (Å²) >= 11 is 0. The highest BCUT2D eigenvalue weighted by molar-refractivity contribution is 5.00. The van der Waals surface area contributed by atoms with Crippen molar-refractivity contribution < 1.29 is 0 Å². The van der Waals surface area contributed by atoms with Crippen molar-refractivity contribution in [3.63, 3.8) is 0 Å². The highest BCUT2D eigenvalue weighted by atomic mass is 15.3. The molecule has 1 unspecified atom stereocenters. The molecular weight excluding hydrogens is 158 g/mol. The van der Waals surface area contributed by atoms with Crippen molar-refractivity contribution in [1.29, 1.82) is 0 Å². The summed E-state index contributed by atoms with van der Waals surface area (Å²) in [7, 11) is 0. The normalized spacial score (nSPS) is 32.5. The van der Waals surface area contributed by atoms with E-state index in [0.717, 1.165) is 18.0 Å². The van der Waals surface area contributed by atoms with Gasteiger partial charge in [-0.15, -0.1) is 0 Å². The molecular formula is C12H25N. The van der Waals surface area contributed by atoms with Crippen molar-refractivity contribution in [3.8, 4) is 0 Å². The second-order valence-electron chi connectivity index (χ2n) is 4.77. The van der Waals surface area contributed by atoms with Crippen LogP contribution in [0.25, 0.3) is 0 Å². The molecule has 0 aromatic heterocycles. The Kier molecular flexibility index (Phi) is 4.24. The Labute approximate surface area is 83.5 Å². The maximum absolute atomic E-state index is 2.65. The molecule has 1 heterocycles. The molecule has 0 amide bonds. The van der Waals surface area contributed by atoms with E-state index in [1.54, 1.807) is 0 Å². The summed E-state index contributed by atoms with van der Waals surface area (Å²) in [5.74, 6) is 0.848. The highest BCUT2D eigenvalue weighted by Crippen LogP contribution is 2.33. The van der Waals surface area contributed by atoms with Crippen molar-refractivity contribution in [2.75, 3.05) is 6.54 Å². The highest BCUT2D eigenvalue weighted by Gasteiger charge is 2.44. The monoisotopic (exact) mass is 183 g/mol. The van der Waals surface area contributed by atoms with Crippen LogP contribution < -0.4 is 0 Å². The average molecular weight is 183 g/mol. The van der Waals surface area contributed by atoms with Gasteiger partial charge in [0.05, 0.1) is 0 Å². The summed E-state index contributed by atoms with van der Waals surface area (Å²) < 4.78 is 0. The summed E-state index contributed by atoms with van der Waals surface area (Å²) in [5.41, 5.74) is 0. The first-order valence-corrected chi connectivity index (χ1v) is 5.94. The molecule has 78 valence electrons. The van der Waals surface area contributed by atoms with Crippen LogP contribution in [0.1, 0.15) is 53.4 Å². The Hall–Kier alpha value is -0.0400. The Morgan fingerprint density at radius 1 is 1.15 bits per heavy atom. The maximum atomic E-state index is 2.65. The molecule has 1 aliphatic heterocycles. The summed E-state index contributed by atoms with van der Waals surface area (Å²) in [6.07, 6.45) is 5.59. The van der Waals surface area contributed by atoms with Crippen molar-refractivity contribution in [2.45, 2.75) is 65.5 Å². The molecule has 0 radical (unpaired) electrons. The lowest BCUT2D eigenvalue weighted by Gasteiger charge is -2.05.